The summed E-state index contributed by atoms with van der Waals surface area (Å²) in [7, 11) is 0. The number of fused-ring (bicyclic) bond motifs is 1. The number of carbonyl (C=O) groups excluding carboxylic acids is 2. The molecule has 3 aliphatic rings. The van der Waals surface area contributed by atoms with Crippen molar-refractivity contribution in [2.75, 3.05) is 5.32 Å². The number of anilines is 1. The number of rotatable bonds is 2. The van der Waals surface area contributed by atoms with Crippen LogP contribution in [0.25, 0.3) is 0 Å². The van der Waals surface area contributed by atoms with Crippen LogP contribution in [0.3, 0.4) is 0 Å². The maximum Gasteiger partial charge on any atom is 0.276 e. The van der Waals surface area contributed by atoms with E-state index in [9.17, 15) is 19.8 Å². The molecule has 0 aliphatic carbocycles. The van der Waals surface area contributed by atoms with Crippen LogP contribution in [0, 0.1) is 11.8 Å². The number of aliphatic hydroxyl groups is 1. The summed E-state index contributed by atoms with van der Waals surface area (Å²) in [6.07, 6.45) is 1.55. The summed E-state index contributed by atoms with van der Waals surface area (Å²) in [5.41, 5.74) is 0.118. The van der Waals surface area contributed by atoms with E-state index >= 15 is 0 Å². The van der Waals surface area contributed by atoms with Gasteiger partial charge in [0.1, 0.15) is 5.75 Å². The molecular formula is C25H33NO7. The maximum absolute atomic E-state index is 13.3. The molecule has 3 N–H and O–H groups in total. The van der Waals surface area contributed by atoms with Crippen molar-refractivity contribution in [3.8, 4) is 11.5 Å². The van der Waals surface area contributed by atoms with E-state index in [-0.39, 0.29) is 23.6 Å². The van der Waals surface area contributed by atoms with Gasteiger partial charge in [-0.05, 0) is 39.7 Å². The average molecular weight is 460 g/mol. The zero-order valence-electron chi connectivity index (χ0n) is 19.8. The first-order chi connectivity index (χ1) is 15.5. The fraction of sp³-hybridized carbons (Fsp3) is 0.600. The van der Waals surface area contributed by atoms with Crippen molar-refractivity contribution >= 4 is 17.4 Å². The monoisotopic (exact) mass is 459 g/mol. The molecule has 0 spiro atoms. The second kappa shape index (κ2) is 8.74. The lowest BCUT2D eigenvalue weighted by Gasteiger charge is -2.38. The van der Waals surface area contributed by atoms with E-state index in [2.05, 4.69) is 11.4 Å². The minimum atomic E-state index is -1.70. The number of hydrogen-bond donors (Lipinski definition) is 3. The molecule has 180 valence electrons. The molecule has 1 amide bonds. The zero-order valence-corrected chi connectivity index (χ0v) is 19.8. The molecule has 1 fully saturated rings. The van der Waals surface area contributed by atoms with Gasteiger partial charge in [-0.2, -0.15) is 0 Å². The number of ketones is 1. The summed E-state index contributed by atoms with van der Waals surface area (Å²) >= 11 is 0. The molecule has 4 rings (SSSR count). The van der Waals surface area contributed by atoms with Crippen molar-refractivity contribution in [2.45, 2.75) is 84.1 Å². The summed E-state index contributed by atoms with van der Waals surface area (Å²) in [4.78, 5) is 26.2. The molecule has 8 nitrogen and oxygen atoms in total. The van der Waals surface area contributed by atoms with Crippen LogP contribution in [0.5, 0.6) is 11.5 Å². The van der Waals surface area contributed by atoms with Gasteiger partial charge in [0, 0.05) is 29.9 Å². The van der Waals surface area contributed by atoms with Crippen LogP contribution in [-0.4, -0.2) is 46.0 Å². The highest BCUT2D eigenvalue weighted by atomic mass is 16.7. The summed E-state index contributed by atoms with van der Waals surface area (Å²) in [6, 6.07) is 2.95. The molecule has 0 aromatic heterocycles. The normalized spacial score (nSPS) is 38.4. The zero-order chi connectivity index (χ0) is 24.1. The number of aromatic hydroxyl groups is 1. The van der Waals surface area contributed by atoms with Gasteiger partial charge in [0.05, 0.1) is 24.0 Å². The van der Waals surface area contributed by atoms with Crippen molar-refractivity contribution in [1.29, 1.82) is 0 Å². The third-order valence-corrected chi connectivity index (χ3v) is 6.87. The Kier molecular flexibility index (Phi) is 6.28. The average Bonchev–Trinajstić information content (AvgIpc) is 2.74. The quantitative estimate of drug-likeness (QED) is 0.457. The van der Waals surface area contributed by atoms with Crippen LogP contribution in [-0.2, 0) is 19.1 Å². The number of phenolic OH excluding ortho intramolecular Hbond substituents is 1. The first-order valence-electron chi connectivity index (χ1n) is 11.6. The molecule has 3 aliphatic heterocycles. The molecule has 33 heavy (non-hydrogen) atoms. The Labute approximate surface area is 193 Å². The predicted molar refractivity (Wildman–Crippen MR) is 121 cm³/mol. The molecule has 7 atom stereocenters. The Bertz CT molecular complexity index is 989. The van der Waals surface area contributed by atoms with Crippen molar-refractivity contribution in [3.63, 3.8) is 0 Å². The van der Waals surface area contributed by atoms with E-state index in [1.165, 1.54) is 13.0 Å². The number of aliphatic hydroxyl groups excluding tert-OH is 1. The van der Waals surface area contributed by atoms with Crippen LogP contribution >= 0.6 is 0 Å². The highest BCUT2D eigenvalue weighted by molar-refractivity contribution is 6.16. The molecule has 0 unspecified atom stereocenters. The minimum absolute atomic E-state index is 0.0549. The van der Waals surface area contributed by atoms with E-state index < -0.39 is 35.9 Å². The van der Waals surface area contributed by atoms with Crippen molar-refractivity contribution in [1.82, 2.24) is 0 Å². The van der Waals surface area contributed by atoms with E-state index in [1.54, 1.807) is 19.9 Å². The van der Waals surface area contributed by atoms with Crippen LogP contribution in [0.4, 0.5) is 5.69 Å². The Morgan fingerprint density at radius 3 is 2.61 bits per heavy atom. The molecule has 1 saturated heterocycles. The van der Waals surface area contributed by atoms with Gasteiger partial charge in [0.2, 0.25) is 5.60 Å². The lowest BCUT2D eigenvalue weighted by Crippen LogP contribution is -2.56. The van der Waals surface area contributed by atoms with Gasteiger partial charge in [-0.1, -0.05) is 25.5 Å². The van der Waals surface area contributed by atoms with Gasteiger partial charge in [0.25, 0.3) is 5.91 Å². The highest BCUT2D eigenvalue weighted by Gasteiger charge is 2.50. The number of hydrogen-bond acceptors (Lipinski definition) is 7. The minimum Gasteiger partial charge on any atom is -0.508 e. The number of nitrogens with one attached hydrogen (secondary N) is 1. The van der Waals surface area contributed by atoms with Gasteiger partial charge < -0.3 is 29.7 Å². The van der Waals surface area contributed by atoms with E-state index in [0.29, 0.717) is 36.3 Å². The van der Waals surface area contributed by atoms with Crippen LogP contribution < -0.4 is 10.1 Å². The number of benzene rings is 1. The van der Waals surface area contributed by atoms with Crippen molar-refractivity contribution in [3.05, 3.63) is 29.3 Å². The Hall–Kier alpha value is -2.42. The topological polar surface area (TPSA) is 114 Å². The summed E-state index contributed by atoms with van der Waals surface area (Å²) in [6.45, 7) is 9.05. The van der Waals surface area contributed by atoms with Crippen LogP contribution in [0.2, 0.25) is 0 Å². The Morgan fingerprint density at radius 2 is 1.91 bits per heavy atom. The van der Waals surface area contributed by atoms with E-state index in [1.807, 2.05) is 13.8 Å². The van der Waals surface area contributed by atoms with Gasteiger partial charge in [-0.15, -0.1) is 0 Å². The maximum atomic E-state index is 13.3. The van der Waals surface area contributed by atoms with Gasteiger partial charge in [-0.3, -0.25) is 9.59 Å². The van der Waals surface area contributed by atoms with E-state index in [4.69, 9.17) is 14.2 Å². The first-order valence-corrected chi connectivity index (χ1v) is 11.6. The fourth-order valence-corrected chi connectivity index (χ4v) is 5.04. The number of allylic oxidation sites excluding steroid dienone is 1. The third kappa shape index (κ3) is 4.39. The smallest absolute Gasteiger partial charge is 0.276 e. The summed E-state index contributed by atoms with van der Waals surface area (Å²) in [5, 5.41) is 23.2. The van der Waals surface area contributed by atoms with Crippen LogP contribution in [0.1, 0.15) is 65.5 Å². The van der Waals surface area contributed by atoms with Crippen LogP contribution in [0.15, 0.2) is 23.8 Å². The Morgan fingerprint density at radius 1 is 1.18 bits per heavy atom. The molecular weight excluding hydrogens is 426 g/mol. The molecule has 2 bridgehead atoms. The molecule has 8 heteroatoms. The summed E-state index contributed by atoms with van der Waals surface area (Å²) < 4.78 is 18.5. The highest BCUT2D eigenvalue weighted by Crippen LogP contribution is 2.47. The number of carbonyl (C=O) groups is 2. The van der Waals surface area contributed by atoms with E-state index in [0.717, 1.165) is 5.57 Å². The second-order valence-corrected chi connectivity index (χ2v) is 9.81. The number of Topliss-reactive ketones (excluding diaryl/α,β-unsaturated/α-hetero) is 1. The molecule has 1 aromatic carbocycles. The molecule has 0 saturated carbocycles. The van der Waals surface area contributed by atoms with Gasteiger partial charge >= 0.3 is 0 Å². The molecule has 3 heterocycles. The van der Waals surface area contributed by atoms with Crippen molar-refractivity contribution < 1.29 is 34.0 Å². The largest absolute Gasteiger partial charge is 0.508 e. The summed E-state index contributed by atoms with van der Waals surface area (Å²) in [5.74, 6) is -1.19. The lowest BCUT2D eigenvalue weighted by molar-refractivity contribution is -0.240. The fourth-order valence-electron chi connectivity index (χ4n) is 5.04. The number of phenols is 1. The number of ether oxygens (including phenoxy) is 3. The van der Waals surface area contributed by atoms with Gasteiger partial charge in [0.15, 0.2) is 17.8 Å². The second-order valence-electron chi connectivity index (χ2n) is 9.81. The standard InChI is InChI=1S/C25H33NO7/c1-12-8-13(2)21(32-20-7-6-19(28)15(4)31-20)17-10-16(27)11-18-22(17)33-25(5,24(30)26-18)23(29)14(3)9-12/h8,10-11,13-15,19-21,27-28H,6-7,9H2,1-5H3,(H,26,30)/b12-8+/t13-,14+,15-,19-,20-,21+,25+/m1/s1. The van der Waals surface area contributed by atoms with Crippen molar-refractivity contribution in [2.24, 2.45) is 11.8 Å². The molecule has 0 radical (unpaired) electrons. The van der Waals surface area contributed by atoms with Gasteiger partial charge in [-0.25, -0.2) is 0 Å². The number of amides is 1. The SMILES string of the molecule is C/C1=C\[C@@H](C)[C@H](O[C@@H]2CC[C@@H](O)[C@@H](C)O2)c2cc(O)cc3c2O[C@](C)(C(=O)N3)C(=O)[C@@H](C)C1. The Balaban J connectivity index is 1.83. The third-order valence-electron chi connectivity index (χ3n) is 6.87. The first kappa shape index (κ1) is 23.7. The predicted octanol–water partition coefficient (Wildman–Crippen LogP) is 3.62. The lowest BCUT2D eigenvalue weighted by atomic mass is 9.85. The molecule has 1 aromatic rings.